The van der Waals surface area contributed by atoms with Gasteiger partial charge in [0.1, 0.15) is 17.4 Å². The van der Waals surface area contributed by atoms with E-state index in [1.165, 1.54) is 12.4 Å². The lowest BCUT2D eigenvalue weighted by Crippen LogP contribution is -1.97. The van der Waals surface area contributed by atoms with Crippen LogP contribution in [0.1, 0.15) is 5.56 Å². The Bertz CT molecular complexity index is 1090. The van der Waals surface area contributed by atoms with Crippen molar-refractivity contribution in [1.82, 2.24) is 9.97 Å². The van der Waals surface area contributed by atoms with Crippen LogP contribution in [0.4, 0.5) is 5.69 Å². The fourth-order valence-electron chi connectivity index (χ4n) is 2.63. The van der Waals surface area contributed by atoms with Gasteiger partial charge in [-0.2, -0.15) is 4.98 Å². The van der Waals surface area contributed by atoms with Crippen molar-refractivity contribution in [3.63, 3.8) is 0 Å². The Balaban J connectivity index is 1.90. The SMILES string of the molecule is Cc1cccc(Oc2ncnc3c2oc2ccccc23)c1[N+](=O)[O-]. The van der Waals surface area contributed by atoms with Crippen molar-refractivity contribution in [1.29, 1.82) is 0 Å². The zero-order valence-corrected chi connectivity index (χ0v) is 12.6. The first-order chi connectivity index (χ1) is 11.6. The zero-order chi connectivity index (χ0) is 16.7. The maximum Gasteiger partial charge on any atom is 0.314 e. The lowest BCUT2D eigenvalue weighted by Gasteiger charge is -2.06. The molecule has 0 atom stereocenters. The Kier molecular flexibility index (Phi) is 3.13. The maximum absolute atomic E-state index is 11.3. The molecule has 0 radical (unpaired) electrons. The number of fused-ring (bicyclic) bond motifs is 3. The highest BCUT2D eigenvalue weighted by atomic mass is 16.6. The van der Waals surface area contributed by atoms with E-state index in [4.69, 9.17) is 9.15 Å². The Hall–Kier alpha value is -3.48. The van der Waals surface area contributed by atoms with Gasteiger partial charge in [0.05, 0.1) is 4.92 Å². The molecule has 7 heteroatoms. The number of nitro groups is 1. The third-order valence-electron chi connectivity index (χ3n) is 3.72. The van der Waals surface area contributed by atoms with Crippen LogP contribution >= 0.6 is 0 Å². The van der Waals surface area contributed by atoms with Gasteiger partial charge in [0.25, 0.3) is 5.88 Å². The number of nitrogens with zero attached hydrogens (tertiary/aromatic N) is 3. The van der Waals surface area contributed by atoms with E-state index in [9.17, 15) is 10.1 Å². The summed E-state index contributed by atoms with van der Waals surface area (Å²) in [5.74, 6) is 0.255. The number of hydrogen-bond acceptors (Lipinski definition) is 6. The van der Waals surface area contributed by atoms with Gasteiger partial charge in [0, 0.05) is 10.9 Å². The van der Waals surface area contributed by atoms with Crippen molar-refractivity contribution in [2.24, 2.45) is 0 Å². The van der Waals surface area contributed by atoms with Gasteiger partial charge in [0.15, 0.2) is 0 Å². The van der Waals surface area contributed by atoms with Crippen molar-refractivity contribution >= 4 is 27.8 Å². The second kappa shape index (κ2) is 5.31. The number of para-hydroxylation sites is 2. The molecule has 118 valence electrons. The first-order valence-corrected chi connectivity index (χ1v) is 7.19. The molecule has 0 aliphatic carbocycles. The average molecular weight is 321 g/mol. The first-order valence-electron chi connectivity index (χ1n) is 7.19. The summed E-state index contributed by atoms with van der Waals surface area (Å²) in [5.41, 5.74) is 2.02. The van der Waals surface area contributed by atoms with Crippen LogP contribution in [0.2, 0.25) is 0 Å². The molecule has 0 fully saturated rings. The van der Waals surface area contributed by atoms with Crippen LogP contribution in [0, 0.1) is 17.0 Å². The largest absolute Gasteiger partial charge is 0.449 e. The second-order valence-corrected chi connectivity index (χ2v) is 5.24. The van der Waals surface area contributed by atoms with Crippen molar-refractivity contribution in [2.45, 2.75) is 6.92 Å². The predicted molar refractivity (Wildman–Crippen MR) is 87.2 cm³/mol. The van der Waals surface area contributed by atoms with Crippen LogP contribution < -0.4 is 4.74 Å². The quantitative estimate of drug-likeness (QED) is 0.410. The number of benzene rings is 2. The number of rotatable bonds is 3. The van der Waals surface area contributed by atoms with Crippen LogP contribution in [0.3, 0.4) is 0 Å². The van der Waals surface area contributed by atoms with Crippen LogP contribution in [-0.4, -0.2) is 14.9 Å². The van der Waals surface area contributed by atoms with Crippen molar-refractivity contribution in [3.05, 3.63) is 64.5 Å². The number of hydrogen-bond donors (Lipinski definition) is 0. The normalized spacial score (nSPS) is 11.0. The van der Waals surface area contributed by atoms with E-state index >= 15 is 0 Å². The van der Waals surface area contributed by atoms with Gasteiger partial charge in [-0.15, -0.1) is 0 Å². The molecule has 0 saturated heterocycles. The third-order valence-corrected chi connectivity index (χ3v) is 3.72. The molecule has 4 aromatic rings. The van der Waals surface area contributed by atoms with E-state index in [1.807, 2.05) is 24.3 Å². The first kappa shape index (κ1) is 14.1. The molecule has 0 saturated carbocycles. The van der Waals surface area contributed by atoms with E-state index in [1.54, 1.807) is 19.1 Å². The molecule has 24 heavy (non-hydrogen) atoms. The molecule has 0 N–H and O–H groups in total. The van der Waals surface area contributed by atoms with Crippen molar-refractivity contribution in [2.75, 3.05) is 0 Å². The summed E-state index contributed by atoms with van der Waals surface area (Å²) in [6, 6.07) is 12.3. The minimum Gasteiger partial charge on any atom is -0.449 e. The Morgan fingerprint density at radius 2 is 1.96 bits per heavy atom. The summed E-state index contributed by atoms with van der Waals surface area (Å²) in [7, 11) is 0. The monoisotopic (exact) mass is 321 g/mol. The molecule has 0 aliphatic heterocycles. The smallest absolute Gasteiger partial charge is 0.314 e. The number of aromatic nitrogens is 2. The molecule has 0 spiro atoms. The number of nitro benzene ring substituents is 1. The molecular weight excluding hydrogens is 310 g/mol. The molecule has 0 aliphatic rings. The predicted octanol–water partition coefficient (Wildman–Crippen LogP) is 4.38. The number of ether oxygens (including phenoxy) is 1. The molecule has 2 heterocycles. The summed E-state index contributed by atoms with van der Waals surface area (Å²) in [5, 5.41) is 12.1. The molecule has 2 aromatic heterocycles. The van der Waals surface area contributed by atoms with Crippen LogP contribution in [0.5, 0.6) is 11.6 Å². The number of aryl methyl sites for hydroxylation is 1. The van der Waals surface area contributed by atoms with Gasteiger partial charge >= 0.3 is 5.69 Å². The molecule has 0 unspecified atom stereocenters. The van der Waals surface area contributed by atoms with Gasteiger partial charge in [-0.3, -0.25) is 10.1 Å². The highest BCUT2D eigenvalue weighted by Crippen LogP contribution is 2.37. The zero-order valence-electron chi connectivity index (χ0n) is 12.6. The van der Waals surface area contributed by atoms with Crippen LogP contribution in [-0.2, 0) is 0 Å². The van der Waals surface area contributed by atoms with E-state index in [0.29, 0.717) is 22.2 Å². The summed E-state index contributed by atoms with van der Waals surface area (Å²) in [6.45, 7) is 1.65. The Labute approximate surface area is 135 Å². The highest BCUT2D eigenvalue weighted by Gasteiger charge is 2.21. The molecule has 2 aromatic carbocycles. The van der Waals surface area contributed by atoms with E-state index in [-0.39, 0.29) is 17.3 Å². The lowest BCUT2D eigenvalue weighted by atomic mass is 10.2. The fraction of sp³-hybridized carbons (Fsp3) is 0.0588. The summed E-state index contributed by atoms with van der Waals surface area (Å²) < 4.78 is 11.5. The molecular formula is C17H11N3O4. The molecule has 0 amide bonds. The van der Waals surface area contributed by atoms with Crippen molar-refractivity contribution < 1.29 is 14.1 Å². The number of furan rings is 1. The molecule has 0 bridgehead atoms. The second-order valence-electron chi connectivity index (χ2n) is 5.24. The lowest BCUT2D eigenvalue weighted by molar-refractivity contribution is -0.386. The van der Waals surface area contributed by atoms with Crippen LogP contribution in [0.15, 0.2) is 53.2 Å². The van der Waals surface area contributed by atoms with Crippen molar-refractivity contribution in [3.8, 4) is 11.6 Å². The highest BCUT2D eigenvalue weighted by molar-refractivity contribution is 6.03. The minimum atomic E-state index is -0.471. The topological polar surface area (TPSA) is 91.3 Å². The van der Waals surface area contributed by atoms with E-state index < -0.39 is 4.92 Å². The van der Waals surface area contributed by atoms with Gasteiger partial charge in [0.2, 0.25) is 11.3 Å². The molecule has 7 nitrogen and oxygen atoms in total. The Morgan fingerprint density at radius 3 is 2.79 bits per heavy atom. The maximum atomic E-state index is 11.3. The van der Waals surface area contributed by atoms with Gasteiger partial charge in [-0.25, -0.2) is 4.98 Å². The van der Waals surface area contributed by atoms with E-state index in [0.717, 1.165) is 5.39 Å². The van der Waals surface area contributed by atoms with E-state index in [2.05, 4.69) is 9.97 Å². The average Bonchev–Trinajstić information content (AvgIpc) is 2.94. The summed E-state index contributed by atoms with van der Waals surface area (Å²) in [4.78, 5) is 19.1. The summed E-state index contributed by atoms with van der Waals surface area (Å²) >= 11 is 0. The third kappa shape index (κ3) is 2.14. The van der Waals surface area contributed by atoms with Gasteiger partial charge < -0.3 is 9.15 Å². The van der Waals surface area contributed by atoms with Crippen LogP contribution in [0.25, 0.3) is 22.1 Å². The minimum absolute atomic E-state index is 0.0969. The molecule has 4 rings (SSSR count). The van der Waals surface area contributed by atoms with Gasteiger partial charge in [-0.1, -0.05) is 24.3 Å². The summed E-state index contributed by atoms with van der Waals surface area (Å²) in [6.07, 6.45) is 1.35. The fourth-order valence-corrected chi connectivity index (χ4v) is 2.63. The Morgan fingerprint density at radius 1 is 1.12 bits per heavy atom. The van der Waals surface area contributed by atoms with Gasteiger partial charge in [-0.05, 0) is 25.1 Å². The standard InChI is InChI=1S/C17H11N3O4/c1-10-5-4-8-13(15(10)20(21)22)24-17-16-14(18-9-19-17)11-6-2-3-7-12(11)23-16/h2-9H,1H3.